The van der Waals surface area contributed by atoms with Gasteiger partial charge in [0.1, 0.15) is 4.88 Å². The normalized spacial score (nSPS) is 9.81. The van der Waals surface area contributed by atoms with Crippen LogP contribution in [-0.4, -0.2) is 17.5 Å². The molecule has 0 aliphatic rings. The first-order valence-corrected chi connectivity index (χ1v) is 5.72. The summed E-state index contributed by atoms with van der Waals surface area (Å²) in [5.74, 6) is -1.04. The van der Waals surface area contributed by atoms with Gasteiger partial charge in [0, 0.05) is 10.9 Å². The highest BCUT2D eigenvalue weighted by Gasteiger charge is 2.18. The van der Waals surface area contributed by atoms with E-state index in [1.54, 1.807) is 5.38 Å². The summed E-state index contributed by atoms with van der Waals surface area (Å²) in [5.41, 5.74) is 1.91. The highest BCUT2D eigenvalue weighted by Crippen LogP contribution is 2.34. The quantitative estimate of drug-likeness (QED) is 0.750. The van der Waals surface area contributed by atoms with Crippen LogP contribution in [0.1, 0.15) is 35.0 Å². The lowest BCUT2D eigenvalue weighted by Gasteiger charge is -2.06. The molecule has 0 bridgehead atoms. The zero-order valence-electron chi connectivity index (χ0n) is 8.95. The number of carboxylic acids is 1. The van der Waals surface area contributed by atoms with Crippen molar-refractivity contribution in [2.24, 2.45) is 0 Å². The highest BCUT2D eigenvalue weighted by molar-refractivity contribution is 7.13. The fourth-order valence-electron chi connectivity index (χ4n) is 1.41. The Balaban J connectivity index is 3.13. The molecule has 1 aromatic rings. The van der Waals surface area contributed by atoms with Gasteiger partial charge in [0.25, 0.3) is 0 Å². The Morgan fingerprint density at radius 2 is 2.38 bits per heavy atom. The van der Waals surface area contributed by atoms with Gasteiger partial charge in [-0.2, -0.15) is 0 Å². The lowest BCUT2D eigenvalue weighted by molar-refractivity contribution is -0.105. The smallest absolute Gasteiger partial charge is 0.348 e. The van der Waals surface area contributed by atoms with Crippen molar-refractivity contribution >= 4 is 35.0 Å². The molecule has 0 aromatic carbocycles. The third-order valence-electron chi connectivity index (χ3n) is 2.12. The Morgan fingerprint density at radius 1 is 1.69 bits per heavy atom. The molecule has 0 fully saturated rings. The number of hydrogen-bond donors (Lipinski definition) is 2. The molecule has 0 atom stereocenters. The molecule has 1 aromatic heterocycles. The van der Waals surface area contributed by atoms with Crippen molar-refractivity contribution in [3.8, 4) is 0 Å². The maximum Gasteiger partial charge on any atom is 0.348 e. The van der Waals surface area contributed by atoms with Crippen LogP contribution in [0, 0.1) is 0 Å². The van der Waals surface area contributed by atoms with Crippen LogP contribution >= 0.6 is 11.3 Å². The lowest BCUT2D eigenvalue weighted by Crippen LogP contribution is -2.02. The number of amides is 1. The number of anilines is 1. The van der Waals surface area contributed by atoms with Gasteiger partial charge >= 0.3 is 5.97 Å². The summed E-state index contributed by atoms with van der Waals surface area (Å²) in [4.78, 5) is 21.5. The third kappa shape index (κ3) is 2.49. The van der Waals surface area contributed by atoms with E-state index < -0.39 is 5.97 Å². The predicted octanol–water partition coefficient (Wildman–Crippen LogP) is 2.83. The van der Waals surface area contributed by atoms with Crippen LogP contribution in [0.5, 0.6) is 0 Å². The van der Waals surface area contributed by atoms with E-state index in [0.717, 1.165) is 35.3 Å². The van der Waals surface area contributed by atoms with E-state index in [2.05, 4.69) is 11.9 Å². The van der Waals surface area contributed by atoms with E-state index >= 15 is 0 Å². The third-order valence-corrected chi connectivity index (χ3v) is 3.09. The molecule has 0 saturated heterocycles. The van der Waals surface area contributed by atoms with Crippen molar-refractivity contribution < 1.29 is 14.7 Å². The molecule has 4 nitrogen and oxygen atoms in total. The van der Waals surface area contributed by atoms with Crippen LogP contribution in [0.4, 0.5) is 5.69 Å². The zero-order valence-corrected chi connectivity index (χ0v) is 9.76. The number of aromatic carboxylic acids is 1. The van der Waals surface area contributed by atoms with E-state index in [1.165, 1.54) is 0 Å². The molecule has 0 unspecified atom stereocenters. The first kappa shape index (κ1) is 12.4. The average Bonchev–Trinajstić information content (AvgIpc) is 2.62. The Bertz CT molecular complexity index is 423. The number of allylic oxidation sites excluding steroid dienone is 1. The SMILES string of the molecule is C=C(CCC)c1csc(C(=O)O)c1NC=O. The molecule has 86 valence electrons. The minimum atomic E-state index is -1.04. The summed E-state index contributed by atoms with van der Waals surface area (Å²) in [6.45, 7) is 5.90. The van der Waals surface area contributed by atoms with Crippen LogP contribution < -0.4 is 5.32 Å². The van der Waals surface area contributed by atoms with Crippen LogP contribution in [0.2, 0.25) is 0 Å². The maximum absolute atomic E-state index is 10.9. The van der Waals surface area contributed by atoms with Crippen LogP contribution in [-0.2, 0) is 4.79 Å². The molecular formula is C11H13NO3S. The van der Waals surface area contributed by atoms with E-state index in [0.29, 0.717) is 12.1 Å². The van der Waals surface area contributed by atoms with Crippen molar-refractivity contribution in [3.05, 3.63) is 22.4 Å². The summed E-state index contributed by atoms with van der Waals surface area (Å²) in [7, 11) is 0. The summed E-state index contributed by atoms with van der Waals surface area (Å²) in [6.07, 6.45) is 2.19. The number of thiophene rings is 1. The number of rotatable bonds is 6. The van der Waals surface area contributed by atoms with Gasteiger partial charge in [-0.25, -0.2) is 4.79 Å². The molecule has 0 saturated carbocycles. The molecule has 0 aliphatic heterocycles. The highest BCUT2D eigenvalue weighted by atomic mass is 32.1. The summed E-state index contributed by atoms with van der Waals surface area (Å²) in [5, 5.41) is 13.1. The lowest BCUT2D eigenvalue weighted by atomic mass is 10.0. The molecule has 16 heavy (non-hydrogen) atoms. The largest absolute Gasteiger partial charge is 0.477 e. The molecule has 1 amide bonds. The molecule has 1 heterocycles. The number of carbonyl (C=O) groups excluding carboxylic acids is 1. The van der Waals surface area contributed by atoms with E-state index in [-0.39, 0.29) is 4.88 Å². The zero-order chi connectivity index (χ0) is 12.1. The Kier molecular flexibility index (Phi) is 4.25. The molecule has 5 heteroatoms. The Labute approximate surface area is 97.6 Å². The topological polar surface area (TPSA) is 66.4 Å². The number of carbonyl (C=O) groups is 2. The number of nitrogens with one attached hydrogen (secondary N) is 1. The molecule has 1 rings (SSSR count). The van der Waals surface area contributed by atoms with E-state index in [1.807, 2.05) is 6.92 Å². The van der Waals surface area contributed by atoms with Gasteiger partial charge in [-0.15, -0.1) is 11.3 Å². The van der Waals surface area contributed by atoms with Gasteiger partial charge in [0.05, 0.1) is 5.69 Å². The van der Waals surface area contributed by atoms with Crippen LogP contribution in [0.15, 0.2) is 12.0 Å². The summed E-state index contributed by atoms with van der Waals surface area (Å²) in [6, 6.07) is 0. The maximum atomic E-state index is 10.9. The van der Waals surface area contributed by atoms with Crippen LogP contribution in [0.3, 0.4) is 0 Å². The van der Waals surface area contributed by atoms with Gasteiger partial charge in [0.15, 0.2) is 0 Å². The first-order valence-electron chi connectivity index (χ1n) is 4.84. The van der Waals surface area contributed by atoms with Crippen molar-refractivity contribution in [2.75, 3.05) is 5.32 Å². The fraction of sp³-hybridized carbons (Fsp3) is 0.273. The minimum Gasteiger partial charge on any atom is -0.477 e. The summed E-state index contributed by atoms with van der Waals surface area (Å²) >= 11 is 1.10. The molecule has 2 N–H and O–H groups in total. The van der Waals surface area contributed by atoms with Gasteiger partial charge in [-0.1, -0.05) is 19.9 Å². The Morgan fingerprint density at radius 3 is 2.88 bits per heavy atom. The first-order chi connectivity index (χ1) is 7.61. The van der Waals surface area contributed by atoms with E-state index in [9.17, 15) is 9.59 Å². The van der Waals surface area contributed by atoms with Gasteiger partial charge in [0.2, 0.25) is 6.41 Å². The van der Waals surface area contributed by atoms with E-state index in [4.69, 9.17) is 5.11 Å². The van der Waals surface area contributed by atoms with Crippen molar-refractivity contribution in [1.82, 2.24) is 0 Å². The number of hydrogen-bond acceptors (Lipinski definition) is 3. The monoisotopic (exact) mass is 239 g/mol. The molecule has 0 aliphatic carbocycles. The van der Waals surface area contributed by atoms with Crippen molar-refractivity contribution in [3.63, 3.8) is 0 Å². The molecule has 0 spiro atoms. The van der Waals surface area contributed by atoms with Gasteiger partial charge in [-0.3, -0.25) is 4.79 Å². The summed E-state index contributed by atoms with van der Waals surface area (Å²) < 4.78 is 0. The van der Waals surface area contributed by atoms with Crippen LogP contribution in [0.25, 0.3) is 5.57 Å². The second-order valence-electron chi connectivity index (χ2n) is 3.27. The van der Waals surface area contributed by atoms with Gasteiger partial charge in [-0.05, 0) is 12.0 Å². The average molecular weight is 239 g/mol. The molecule has 0 radical (unpaired) electrons. The van der Waals surface area contributed by atoms with Gasteiger partial charge < -0.3 is 10.4 Å². The number of carboxylic acid groups (broad SMARTS) is 1. The fourth-order valence-corrected chi connectivity index (χ4v) is 2.32. The Hall–Kier alpha value is -1.62. The second kappa shape index (κ2) is 5.46. The van der Waals surface area contributed by atoms with Crippen molar-refractivity contribution in [2.45, 2.75) is 19.8 Å². The second-order valence-corrected chi connectivity index (χ2v) is 4.15. The minimum absolute atomic E-state index is 0.138. The standard InChI is InChI=1S/C11H13NO3S/c1-3-4-7(2)8-5-16-10(11(14)15)9(8)12-6-13/h5-6H,2-4H2,1H3,(H,12,13)(H,14,15). The predicted molar refractivity (Wildman–Crippen MR) is 64.9 cm³/mol. The molecular weight excluding hydrogens is 226 g/mol. The van der Waals surface area contributed by atoms with Crippen molar-refractivity contribution in [1.29, 1.82) is 0 Å².